The summed E-state index contributed by atoms with van der Waals surface area (Å²) in [7, 11) is 0.0346. The second-order valence-corrected chi connectivity index (χ2v) is 13.5. The number of benzene rings is 1. The molecule has 0 saturated heterocycles. The van der Waals surface area contributed by atoms with Crippen molar-refractivity contribution >= 4 is 13.3 Å². The van der Waals surface area contributed by atoms with Crippen LogP contribution in [0.15, 0.2) is 35.1 Å². The molecule has 0 N–H and O–H groups in total. The maximum Gasteiger partial charge on any atom is 0.122 e. The number of rotatable bonds is 5. The quantitative estimate of drug-likeness (QED) is 0.583. The SMILES string of the molecule is CCC(C)C1=C([Si](C)(C)c2cc(C)cc(C(C)(C)C)c2OC)CC=C1. The summed E-state index contributed by atoms with van der Waals surface area (Å²) in [6.45, 7) is 18.7. The average molecular weight is 357 g/mol. The number of methoxy groups -OCH3 is 1. The lowest BCUT2D eigenvalue weighted by molar-refractivity contribution is 0.400. The van der Waals surface area contributed by atoms with Crippen molar-refractivity contribution in [1.82, 2.24) is 0 Å². The van der Waals surface area contributed by atoms with Crippen molar-refractivity contribution in [2.24, 2.45) is 5.92 Å². The van der Waals surface area contributed by atoms with E-state index in [1.807, 2.05) is 7.11 Å². The predicted octanol–water partition coefficient (Wildman–Crippen LogP) is 6.06. The van der Waals surface area contributed by atoms with E-state index in [1.54, 1.807) is 10.8 Å². The van der Waals surface area contributed by atoms with E-state index in [9.17, 15) is 0 Å². The molecular weight excluding hydrogens is 320 g/mol. The lowest BCUT2D eigenvalue weighted by Crippen LogP contribution is -2.46. The molecule has 0 aliphatic heterocycles. The van der Waals surface area contributed by atoms with Crippen LogP contribution in [0.3, 0.4) is 0 Å². The minimum atomic E-state index is -1.80. The number of allylic oxidation sites excluding steroid dienone is 4. The third-order valence-corrected chi connectivity index (χ3v) is 9.50. The number of ether oxygens (including phenoxy) is 1. The first-order chi connectivity index (χ1) is 11.5. The van der Waals surface area contributed by atoms with E-state index >= 15 is 0 Å². The lowest BCUT2D eigenvalue weighted by atomic mass is 9.85. The van der Waals surface area contributed by atoms with Crippen molar-refractivity contribution < 1.29 is 4.74 Å². The van der Waals surface area contributed by atoms with Gasteiger partial charge in [0.2, 0.25) is 0 Å². The fraction of sp³-hybridized carbons (Fsp3) is 0.565. The van der Waals surface area contributed by atoms with Gasteiger partial charge in [0.25, 0.3) is 0 Å². The monoisotopic (exact) mass is 356 g/mol. The summed E-state index contributed by atoms with van der Waals surface area (Å²) in [5, 5.41) is 3.14. The Balaban J connectivity index is 2.70. The van der Waals surface area contributed by atoms with E-state index in [4.69, 9.17) is 4.74 Å². The summed E-state index contributed by atoms with van der Waals surface area (Å²) in [5.74, 6) is 1.76. The second-order valence-electron chi connectivity index (χ2n) is 9.12. The fourth-order valence-corrected chi connectivity index (χ4v) is 7.39. The normalized spacial score (nSPS) is 16.5. The topological polar surface area (TPSA) is 9.23 Å². The van der Waals surface area contributed by atoms with Crippen LogP contribution in [0.25, 0.3) is 0 Å². The van der Waals surface area contributed by atoms with Crippen molar-refractivity contribution in [3.8, 4) is 5.75 Å². The van der Waals surface area contributed by atoms with Gasteiger partial charge in [-0.25, -0.2) is 0 Å². The summed E-state index contributed by atoms with van der Waals surface area (Å²) >= 11 is 0. The van der Waals surface area contributed by atoms with Crippen molar-refractivity contribution in [3.05, 3.63) is 46.2 Å². The van der Waals surface area contributed by atoms with Crippen LogP contribution in [0.2, 0.25) is 13.1 Å². The Morgan fingerprint density at radius 3 is 2.36 bits per heavy atom. The van der Waals surface area contributed by atoms with Crippen molar-refractivity contribution in [1.29, 1.82) is 0 Å². The van der Waals surface area contributed by atoms with Crippen LogP contribution in [0.5, 0.6) is 5.75 Å². The van der Waals surface area contributed by atoms with E-state index in [0.29, 0.717) is 5.92 Å². The molecule has 138 valence electrons. The third-order valence-electron chi connectivity index (χ3n) is 5.78. The molecule has 1 unspecified atom stereocenters. The van der Waals surface area contributed by atoms with Crippen LogP contribution in [0.1, 0.15) is 58.6 Å². The summed E-state index contributed by atoms with van der Waals surface area (Å²) in [4.78, 5) is 0. The van der Waals surface area contributed by atoms with E-state index < -0.39 is 8.07 Å². The van der Waals surface area contributed by atoms with E-state index in [2.05, 4.69) is 78.9 Å². The van der Waals surface area contributed by atoms with E-state index in [0.717, 1.165) is 12.2 Å². The highest BCUT2D eigenvalue weighted by molar-refractivity contribution is 6.96. The highest BCUT2D eigenvalue weighted by atomic mass is 28.3. The third kappa shape index (κ3) is 3.79. The Hall–Kier alpha value is -1.28. The van der Waals surface area contributed by atoms with Gasteiger partial charge in [0.15, 0.2) is 0 Å². The van der Waals surface area contributed by atoms with Gasteiger partial charge < -0.3 is 4.74 Å². The Morgan fingerprint density at radius 2 is 1.84 bits per heavy atom. The second kappa shape index (κ2) is 7.15. The van der Waals surface area contributed by atoms with Crippen LogP contribution in [0.4, 0.5) is 0 Å². The largest absolute Gasteiger partial charge is 0.497 e. The van der Waals surface area contributed by atoms with Crippen LogP contribution < -0.4 is 9.92 Å². The van der Waals surface area contributed by atoms with Gasteiger partial charge in [0.1, 0.15) is 13.8 Å². The predicted molar refractivity (Wildman–Crippen MR) is 114 cm³/mol. The first-order valence-electron chi connectivity index (χ1n) is 9.63. The zero-order valence-corrected chi connectivity index (χ0v) is 18.7. The number of hydrogen-bond acceptors (Lipinski definition) is 1. The highest BCUT2D eigenvalue weighted by Gasteiger charge is 2.36. The molecule has 25 heavy (non-hydrogen) atoms. The minimum absolute atomic E-state index is 0.0818. The average Bonchev–Trinajstić information content (AvgIpc) is 3.02. The molecule has 1 aromatic carbocycles. The van der Waals surface area contributed by atoms with Gasteiger partial charge in [-0.2, -0.15) is 0 Å². The molecule has 0 spiro atoms. The molecule has 0 aromatic heterocycles. The van der Waals surface area contributed by atoms with Gasteiger partial charge in [0.05, 0.1) is 7.11 Å². The lowest BCUT2D eigenvalue weighted by Gasteiger charge is -2.33. The molecule has 1 aliphatic rings. The van der Waals surface area contributed by atoms with Crippen molar-refractivity contribution in [3.63, 3.8) is 0 Å². The summed E-state index contributed by atoms with van der Waals surface area (Å²) in [6, 6.07) is 4.70. The molecule has 0 heterocycles. The molecular formula is C23H36OSi. The van der Waals surface area contributed by atoms with Crippen LogP contribution in [-0.2, 0) is 5.41 Å². The molecule has 2 heteroatoms. The zero-order valence-electron chi connectivity index (χ0n) is 17.7. The first-order valence-corrected chi connectivity index (χ1v) is 12.6. The van der Waals surface area contributed by atoms with Crippen LogP contribution >= 0.6 is 0 Å². The molecule has 0 saturated carbocycles. The zero-order chi connectivity index (χ0) is 19.0. The van der Waals surface area contributed by atoms with Gasteiger partial charge in [-0.15, -0.1) is 0 Å². The highest BCUT2D eigenvalue weighted by Crippen LogP contribution is 2.38. The molecule has 1 aliphatic carbocycles. The Bertz CT molecular complexity index is 702. The Labute approximate surface area is 156 Å². The molecule has 0 fully saturated rings. The number of hydrogen-bond donors (Lipinski definition) is 0. The van der Waals surface area contributed by atoms with Gasteiger partial charge in [-0.3, -0.25) is 0 Å². The molecule has 0 radical (unpaired) electrons. The smallest absolute Gasteiger partial charge is 0.122 e. The summed E-state index contributed by atoms with van der Waals surface area (Å²) < 4.78 is 6.02. The summed E-state index contributed by atoms with van der Waals surface area (Å²) in [5.41, 5.74) is 4.35. The molecule has 2 rings (SSSR count). The van der Waals surface area contributed by atoms with E-state index in [1.165, 1.54) is 22.7 Å². The van der Waals surface area contributed by atoms with E-state index in [-0.39, 0.29) is 5.41 Å². The maximum absolute atomic E-state index is 6.02. The van der Waals surface area contributed by atoms with Crippen LogP contribution in [-0.4, -0.2) is 15.2 Å². The molecule has 1 aromatic rings. The summed E-state index contributed by atoms with van der Waals surface area (Å²) in [6.07, 6.45) is 7.05. The first kappa shape index (κ1) is 20.0. The molecule has 0 bridgehead atoms. The Morgan fingerprint density at radius 1 is 1.20 bits per heavy atom. The van der Waals surface area contributed by atoms with Gasteiger partial charge >= 0.3 is 0 Å². The maximum atomic E-state index is 6.02. The van der Waals surface area contributed by atoms with Gasteiger partial charge in [0, 0.05) is 0 Å². The van der Waals surface area contributed by atoms with Crippen LogP contribution in [0, 0.1) is 12.8 Å². The molecule has 1 atom stereocenters. The molecule has 0 amide bonds. The number of aryl methyl sites for hydroxylation is 1. The van der Waals surface area contributed by atoms with Gasteiger partial charge in [-0.05, 0) is 47.4 Å². The van der Waals surface area contributed by atoms with Crippen molar-refractivity contribution in [2.45, 2.75) is 72.9 Å². The van der Waals surface area contributed by atoms with Crippen molar-refractivity contribution in [2.75, 3.05) is 7.11 Å². The Kier molecular flexibility index (Phi) is 5.73. The van der Waals surface area contributed by atoms with Gasteiger partial charge in [-0.1, -0.05) is 82.8 Å². The standard InChI is InChI=1S/C23H36OSi/c1-10-17(3)18-12-11-13-20(18)25(8,9)21-15-16(2)14-19(22(21)24-7)23(4,5)6/h11-12,14-15,17H,10,13H2,1-9H3. The minimum Gasteiger partial charge on any atom is -0.497 e. The molecule has 1 nitrogen and oxygen atoms in total. The fourth-order valence-electron chi connectivity index (χ4n) is 4.00.